The van der Waals surface area contributed by atoms with Crippen LogP contribution in [0.5, 0.6) is 17.2 Å². The molecule has 7 heteroatoms. The molecule has 0 N–H and O–H groups in total. The highest BCUT2D eigenvalue weighted by Crippen LogP contribution is 2.38. The first-order valence-corrected chi connectivity index (χ1v) is 7.36. The van der Waals surface area contributed by atoms with Crippen molar-refractivity contribution >= 4 is 29.0 Å². The fraction of sp³-hybridized carbons (Fsp3) is 0.250. The Kier molecular flexibility index (Phi) is 5.19. The third-order valence-electron chi connectivity index (χ3n) is 3.15. The van der Waals surface area contributed by atoms with Crippen LogP contribution >= 0.6 is 11.8 Å². The SMILES string of the molecule is C#CCN1C(=O)SC(=Cc2cc(OC)c(OC)cc2OC)C1=O. The van der Waals surface area contributed by atoms with Gasteiger partial charge in [0, 0.05) is 11.6 Å². The topological polar surface area (TPSA) is 65.1 Å². The first-order chi connectivity index (χ1) is 11.0. The molecule has 1 saturated heterocycles. The van der Waals surface area contributed by atoms with Crippen LogP contribution in [-0.2, 0) is 4.79 Å². The van der Waals surface area contributed by atoms with Gasteiger partial charge in [-0.15, -0.1) is 6.42 Å². The third kappa shape index (κ3) is 3.27. The standard InChI is InChI=1S/C16H15NO5S/c1-5-6-17-15(18)14(23-16(17)19)8-10-7-12(21-3)13(22-4)9-11(10)20-2/h1,7-9H,6H2,2-4H3. The molecule has 0 aliphatic carbocycles. The Morgan fingerprint density at radius 2 is 1.74 bits per heavy atom. The zero-order chi connectivity index (χ0) is 17.0. The summed E-state index contributed by atoms with van der Waals surface area (Å²) in [7, 11) is 4.53. The number of hydrogen-bond donors (Lipinski definition) is 0. The van der Waals surface area contributed by atoms with E-state index in [2.05, 4.69) is 5.92 Å². The van der Waals surface area contributed by atoms with Gasteiger partial charge in [0.25, 0.3) is 11.1 Å². The first-order valence-electron chi connectivity index (χ1n) is 6.54. The minimum Gasteiger partial charge on any atom is -0.496 e. The molecule has 0 spiro atoms. The Hall–Kier alpha value is -2.59. The van der Waals surface area contributed by atoms with Crippen LogP contribution in [-0.4, -0.2) is 43.9 Å². The Morgan fingerprint density at radius 1 is 1.13 bits per heavy atom. The lowest BCUT2D eigenvalue weighted by molar-refractivity contribution is -0.122. The van der Waals surface area contributed by atoms with E-state index in [-0.39, 0.29) is 11.4 Å². The van der Waals surface area contributed by atoms with Gasteiger partial charge < -0.3 is 14.2 Å². The molecule has 0 unspecified atom stereocenters. The van der Waals surface area contributed by atoms with E-state index >= 15 is 0 Å². The lowest BCUT2D eigenvalue weighted by Crippen LogP contribution is -2.28. The Labute approximate surface area is 138 Å². The van der Waals surface area contributed by atoms with Crippen molar-refractivity contribution in [1.29, 1.82) is 0 Å². The summed E-state index contributed by atoms with van der Waals surface area (Å²) in [6, 6.07) is 3.32. The van der Waals surface area contributed by atoms with E-state index in [1.54, 1.807) is 18.2 Å². The zero-order valence-electron chi connectivity index (χ0n) is 12.9. The highest BCUT2D eigenvalue weighted by atomic mass is 32.2. The second kappa shape index (κ2) is 7.11. The minimum absolute atomic E-state index is 0.0505. The molecule has 0 saturated carbocycles. The molecule has 2 rings (SSSR count). The van der Waals surface area contributed by atoms with Crippen LogP contribution < -0.4 is 14.2 Å². The van der Waals surface area contributed by atoms with Gasteiger partial charge in [-0.3, -0.25) is 14.5 Å². The van der Waals surface area contributed by atoms with E-state index < -0.39 is 11.1 Å². The number of terminal acetylenes is 1. The predicted molar refractivity (Wildman–Crippen MR) is 87.6 cm³/mol. The minimum atomic E-state index is -0.421. The van der Waals surface area contributed by atoms with Crippen molar-refractivity contribution in [3.8, 4) is 29.6 Å². The van der Waals surface area contributed by atoms with E-state index in [9.17, 15) is 9.59 Å². The van der Waals surface area contributed by atoms with Crippen molar-refractivity contribution in [3.63, 3.8) is 0 Å². The first kappa shape index (κ1) is 16.8. The fourth-order valence-electron chi connectivity index (χ4n) is 2.03. The maximum absolute atomic E-state index is 12.2. The van der Waals surface area contributed by atoms with Crippen molar-refractivity contribution in [1.82, 2.24) is 4.90 Å². The van der Waals surface area contributed by atoms with Gasteiger partial charge in [0.15, 0.2) is 11.5 Å². The Morgan fingerprint density at radius 3 is 2.30 bits per heavy atom. The average Bonchev–Trinajstić information content (AvgIpc) is 2.82. The fourth-order valence-corrected chi connectivity index (χ4v) is 2.86. The number of benzene rings is 1. The molecular weight excluding hydrogens is 318 g/mol. The number of hydrogen-bond acceptors (Lipinski definition) is 6. The van der Waals surface area contributed by atoms with Crippen LogP contribution in [0.15, 0.2) is 17.0 Å². The number of amides is 2. The van der Waals surface area contributed by atoms with E-state index in [0.29, 0.717) is 22.8 Å². The molecule has 0 bridgehead atoms. The van der Waals surface area contributed by atoms with Crippen molar-refractivity contribution in [2.45, 2.75) is 0 Å². The molecule has 1 fully saturated rings. The third-order valence-corrected chi connectivity index (χ3v) is 4.05. The lowest BCUT2D eigenvalue weighted by atomic mass is 10.1. The van der Waals surface area contributed by atoms with Crippen molar-refractivity contribution in [2.75, 3.05) is 27.9 Å². The number of imide groups is 1. The molecular formula is C16H15NO5S. The van der Waals surface area contributed by atoms with Crippen LogP contribution in [0.4, 0.5) is 4.79 Å². The van der Waals surface area contributed by atoms with Gasteiger partial charge in [-0.1, -0.05) is 5.92 Å². The molecule has 120 valence electrons. The summed E-state index contributed by atoms with van der Waals surface area (Å²) >= 11 is 0.835. The molecule has 1 aliphatic rings. The van der Waals surface area contributed by atoms with E-state index in [0.717, 1.165) is 16.7 Å². The number of rotatable bonds is 5. The smallest absolute Gasteiger partial charge is 0.294 e. The highest BCUT2D eigenvalue weighted by molar-refractivity contribution is 8.18. The van der Waals surface area contributed by atoms with Gasteiger partial charge >= 0.3 is 0 Å². The molecule has 1 aliphatic heterocycles. The van der Waals surface area contributed by atoms with Crippen molar-refractivity contribution in [3.05, 3.63) is 22.6 Å². The number of carbonyl (C=O) groups excluding carboxylic acids is 2. The van der Waals surface area contributed by atoms with Gasteiger partial charge in [-0.25, -0.2) is 0 Å². The summed E-state index contributed by atoms with van der Waals surface area (Å²) in [6.45, 7) is -0.0505. The maximum atomic E-state index is 12.2. The van der Waals surface area contributed by atoms with Crippen molar-refractivity contribution < 1.29 is 23.8 Å². The molecule has 0 radical (unpaired) electrons. The Balaban J connectivity index is 2.45. The van der Waals surface area contributed by atoms with Crippen molar-refractivity contribution in [2.24, 2.45) is 0 Å². The normalized spacial score (nSPS) is 15.7. The second-order valence-corrected chi connectivity index (χ2v) is 5.41. The quantitative estimate of drug-likeness (QED) is 0.609. The number of methoxy groups -OCH3 is 3. The van der Waals surface area contributed by atoms with Gasteiger partial charge in [-0.2, -0.15) is 0 Å². The molecule has 1 aromatic rings. The molecule has 1 heterocycles. The van der Waals surface area contributed by atoms with E-state index in [1.165, 1.54) is 21.3 Å². The summed E-state index contributed by atoms with van der Waals surface area (Å²) in [5, 5.41) is -0.390. The van der Waals surface area contributed by atoms with Crippen LogP contribution in [0, 0.1) is 12.3 Å². The summed E-state index contributed by atoms with van der Waals surface area (Å²) in [6.07, 6.45) is 6.74. The zero-order valence-corrected chi connectivity index (χ0v) is 13.7. The van der Waals surface area contributed by atoms with Crippen LogP contribution in [0.1, 0.15) is 5.56 Å². The molecule has 0 atom stereocenters. The lowest BCUT2D eigenvalue weighted by Gasteiger charge is -2.12. The van der Waals surface area contributed by atoms with E-state index in [1.807, 2.05) is 0 Å². The number of thioether (sulfide) groups is 1. The van der Waals surface area contributed by atoms with E-state index in [4.69, 9.17) is 20.6 Å². The molecule has 23 heavy (non-hydrogen) atoms. The van der Waals surface area contributed by atoms with Crippen LogP contribution in [0.25, 0.3) is 6.08 Å². The van der Waals surface area contributed by atoms with Crippen LogP contribution in [0.2, 0.25) is 0 Å². The Bertz CT molecular complexity index is 720. The van der Waals surface area contributed by atoms with Crippen LogP contribution in [0.3, 0.4) is 0 Å². The largest absolute Gasteiger partial charge is 0.496 e. The average molecular weight is 333 g/mol. The van der Waals surface area contributed by atoms with Gasteiger partial charge in [0.1, 0.15) is 5.75 Å². The number of nitrogens with zero attached hydrogens (tertiary/aromatic N) is 1. The highest BCUT2D eigenvalue weighted by Gasteiger charge is 2.34. The summed E-state index contributed by atoms with van der Waals surface area (Å²) in [4.78, 5) is 25.3. The maximum Gasteiger partial charge on any atom is 0.294 e. The number of carbonyl (C=O) groups is 2. The monoisotopic (exact) mass is 333 g/mol. The predicted octanol–water partition coefficient (Wildman–Crippen LogP) is 2.38. The molecule has 6 nitrogen and oxygen atoms in total. The molecule has 1 aromatic carbocycles. The molecule has 0 aromatic heterocycles. The second-order valence-electron chi connectivity index (χ2n) is 4.42. The number of ether oxygens (including phenoxy) is 3. The van der Waals surface area contributed by atoms with Gasteiger partial charge in [0.05, 0.1) is 32.8 Å². The summed E-state index contributed by atoms with van der Waals surface area (Å²) < 4.78 is 15.8. The molecule has 2 amide bonds. The van der Waals surface area contributed by atoms with Gasteiger partial charge in [-0.05, 0) is 23.9 Å². The summed E-state index contributed by atoms with van der Waals surface area (Å²) in [5.41, 5.74) is 0.594. The summed E-state index contributed by atoms with van der Waals surface area (Å²) in [5.74, 6) is 3.35. The van der Waals surface area contributed by atoms with Gasteiger partial charge in [0.2, 0.25) is 0 Å².